The molecule has 1 atom stereocenters. The van der Waals surface area contributed by atoms with Gasteiger partial charge < -0.3 is 0 Å². The number of ketones is 1. The molecule has 0 aromatic carbocycles. The molecule has 0 aromatic rings. The topological polar surface area (TPSA) is 20.3 Å². The van der Waals surface area contributed by atoms with Gasteiger partial charge in [0.1, 0.15) is 5.78 Å². The van der Waals surface area contributed by atoms with E-state index < -0.39 is 0 Å². The summed E-state index contributed by atoms with van der Waals surface area (Å²) in [6, 6.07) is 0. The summed E-state index contributed by atoms with van der Waals surface area (Å²) in [6.07, 6.45) is 3.52. The molecule has 0 aromatic heterocycles. The van der Waals surface area contributed by atoms with Crippen LogP contribution in [0.25, 0.3) is 0 Å². The maximum absolute atomic E-state index is 11.5. The van der Waals surface area contributed by atoms with E-state index in [1.54, 1.807) is 0 Å². The summed E-state index contributed by atoms with van der Waals surface area (Å²) in [6.45, 7) is 7.05. The van der Waals surface area contributed by atoms with Crippen molar-refractivity contribution in [3.63, 3.8) is 0 Å². The summed E-state index contributed by atoms with van der Waals surface area (Å²) >= 11 is 0. The zero-order valence-electron chi connectivity index (χ0n) is 8.18. The van der Waals surface area contributed by atoms with Crippen LogP contribution in [0.5, 0.6) is 0 Å². The van der Waals surface area contributed by atoms with Gasteiger partial charge in [-0.25, -0.2) is 0 Å². The van der Waals surface area contributed by atoms with Crippen LogP contribution < -0.4 is 0 Å². The van der Waals surface area contributed by atoms with Gasteiger partial charge in [-0.1, -0.05) is 13.8 Å². The average Bonchev–Trinajstić information content (AvgIpc) is 2.55. The van der Waals surface area contributed by atoms with Gasteiger partial charge in [0.2, 0.25) is 0 Å². The van der Waals surface area contributed by atoms with Crippen molar-refractivity contribution in [3.05, 3.63) is 0 Å². The van der Waals surface area contributed by atoms with E-state index >= 15 is 0 Å². The third-order valence-electron chi connectivity index (χ3n) is 2.74. The normalized spacial score (nSPS) is 21.2. The second-order valence-corrected chi connectivity index (χ2v) is 3.76. The fourth-order valence-electron chi connectivity index (χ4n) is 1.54. The van der Waals surface area contributed by atoms with Crippen molar-refractivity contribution in [2.45, 2.75) is 33.1 Å². The van der Waals surface area contributed by atoms with Crippen LogP contribution in [0.3, 0.4) is 0 Å². The molecule has 12 heavy (non-hydrogen) atoms. The summed E-state index contributed by atoms with van der Waals surface area (Å²) in [4.78, 5) is 13.8. The first kappa shape index (κ1) is 9.72. The van der Waals surface area contributed by atoms with E-state index in [0.29, 0.717) is 12.3 Å². The average molecular weight is 169 g/mol. The lowest BCUT2D eigenvalue weighted by Crippen LogP contribution is -2.29. The van der Waals surface area contributed by atoms with Gasteiger partial charge in [0.25, 0.3) is 0 Å². The zero-order valence-corrected chi connectivity index (χ0v) is 8.18. The van der Waals surface area contributed by atoms with Crippen LogP contribution in [0.15, 0.2) is 0 Å². The van der Waals surface area contributed by atoms with E-state index in [9.17, 15) is 4.79 Å². The molecular formula is C10H19NO. The molecule has 1 aliphatic rings. The molecule has 1 fully saturated rings. The first-order valence-electron chi connectivity index (χ1n) is 4.99. The second-order valence-electron chi connectivity index (χ2n) is 3.76. The number of rotatable bonds is 4. The molecule has 2 heteroatoms. The highest BCUT2D eigenvalue weighted by Gasteiger charge is 2.17. The number of nitrogens with zero attached hydrogens (tertiary/aromatic N) is 1. The van der Waals surface area contributed by atoms with Gasteiger partial charge in [0.05, 0.1) is 6.54 Å². The standard InChI is InChI=1S/C10H19NO/c1-3-9(2)10(12)8-11-6-4-5-7-11/h9H,3-8H2,1-2H3. The largest absolute Gasteiger partial charge is 0.298 e. The first-order chi connectivity index (χ1) is 5.74. The quantitative estimate of drug-likeness (QED) is 0.638. The van der Waals surface area contributed by atoms with Crippen LogP contribution in [0.4, 0.5) is 0 Å². The van der Waals surface area contributed by atoms with Crippen molar-refractivity contribution in [1.82, 2.24) is 4.90 Å². The smallest absolute Gasteiger partial charge is 0.149 e. The third-order valence-corrected chi connectivity index (χ3v) is 2.74. The molecule has 1 rings (SSSR count). The summed E-state index contributed by atoms with van der Waals surface area (Å²) in [5.74, 6) is 0.671. The van der Waals surface area contributed by atoms with E-state index in [1.807, 2.05) is 6.92 Å². The lowest BCUT2D eigenvalue weighted by Gasteiger charge is -2.15. The maximum atomic E-state index is 11.5. The Bertz CT molecular complexity index is 150. The molecule has 70 valence electrons. The summed E-state index contributed by atoms with van der Waals surface area (Å²) in [5, 5.41) is 0. The third kappa shape index (κ3) is 2.59. The Labute approximate surface area is 74.9 Å². The molecule has 1 unspecified atom stereocenters. The number of carbonyl (C=O) groups excluding carboxylic acids is 1. The molecule has 0 spiro atoms. The van der Waals surface area contributed by atoms with E-state index in [-0.39, 0.29) is 5.92 Å². The zero-order chi connectivity index (χ0) is 8.97. The highest BCUT2D eigenvalue weighted by Crippen LogP contribution is 2.09. The van der Waals surface area contributed by atoms with Gasteiger partial charge in [-0.05, 0) is 32.4 Å². The van der Waals surface area contributed by atoms with Gasteiger partial charge in [0.15, 0.2) is 0 Å². The molecular weight excluding hydrogens is 150 g/mol. The van der Waals surface area contributed by atoms with Gasteiger partial charge in [-0.15, -0.1) is 0 Å². The summed E-state index contributed by atoms with van der Waals surface area (Å²) < 4.78 is 0. The predicted molar refractivity (Wildman–Crippen MR) is 50.1 cm³/mol. The lowest BCUT2D eigenvalue weighted by atomic mass is 10.0. The van der Waals surface area contributed by atoms with Crippen molar-refractivity contribution in [2.75, 3.05) is 19.6 Å². The molecule has 1 saturated heterocycles. The van der Waals surface area contributed by atoms with E-state index in [2.05, 4.69) is 11.8 Å². The van der Waals surface area contributed by atoms with Crippen molar-refractivity contribution in [2.24, 2.45) is 5.92 Å². The van der Waals surface area contributed by atoms with Crippen molar-refractivity contribution in [3.8, 4) is 0 Å². The molecule has 0 amide bonds. The second kappa shape index (κ2) is 4.61. The first-order valence-corrected chi connectivity index (χ1v) is 4.99. The Morgan fingerprint density at radius 1 is 1.42 bits per heavy atom. The van der Waals surface area contributed by atoms with Gasteiger partial charge >= 0.3 is 0 Å². The van der Waals surface area contributed by atoms with Crippen LogP contribution >= 0.6 is 0 Å². The Hall–Kier alpha value is -0.370. The fourth-order valence-corrected chi connectivity index (χ4v) is 1.54. The Kier molecular flexibility index (Phi) is 3.73. The van der Waals surface area contributed by atoms with Crippen LogP contribution in [-0.4, -0.2) is 30.3 Å². The van der Waals surface area contributed by atoms with E-state index in [1.165, 1.54) is 12.8 Å². The molecule has 1 aliphatic heterocycles. The van der Waals surface area contributed by atoms with Crippen molar-refractivity contribution in [1.29, 1.82) is 0 Å². The summed E-state index contributed by atoms with van der Waals surface area (Å²) in [7, 11) is 0. The maximum Gasteiger partial charge on any atom is 0.149 e. The van der Waals surface area contributed by atoms with Crippen LogP contribution in [0, 0.1) is 5.92 Å². The van der Waals surface area contributed by atoms with Crippen LogP contribution in [-0.2, 0) is 4.79 Å². The van der Waals surface area contributed by atoms with Gasteiger partial charge in [-0.3, -0.25) is 9.69 Å². The molecule has 1 heterocycles. The van der Waals surface area contributed by atoms with E-state index in [0.717, 1.165) is 19.5 Å². The Morgan fingerprint density at radius 2 is 2.00 bits per heavy atom. The van der Waals surface area contributed by atoms with Crippen LogP contribution in [0.1, 0.15) is 33.1 Å². The number of hydrogen-bond donors (Lipinski definition) is 0. The van der Waals surface area contributed by atoms with Crippen molar-refractivity contribution < 1.29 is 4.79 Å². The van der Waals surface area contributed by atoms with Gasteiger partial charge in [0, 0.05) is 5.92 Å². The molecule has 0 saturated carbocycles. The number of hydrogen-bond acceptors (Lipinski definition) is 2. The number of carbonyl (C=O) groups is 1. The van der Waals surface area contributed by atoms with Gasteiger partial charge in [-0.2, -0.15) is 0 Å². The highest BCUT2D eigenvalue weighted by molar-refractivity contribution is 5.82. The minimum absolute atomic E-state index is 0.255. The number of likely N-dealkylation sites (tertiary alicyclic amines) is 1. The molecule has 2 nitrogen and oxygen atoms in total. The molecule has 0 aliphatic carbocycles. The fraction of sp³-hybridized carbons (Fsp3) is 0.900. The van der Waals surface area contributed by atoms with Crippen molar-refractivity contribution >= 4 is 5.78 Å². The molecule has 0 radical (unpaired) electrons. The minimum Gasteiger partial charge on any atom is -0.298 e. The minimum atomic E-state index is 0.255. The number of Topliss-reactive ketones (excluding diaryl/α,β-unsaturated/α-hetero) is 1. The summed E-state index contributed by atoms with van der Waals surface area (Å²) in [5.41, 5.74) is 0. The molecule has 0 N–H and O–H groups in total. The Balaban J connectivity index is 2.25. The Morgan fingerprint density at radius 3 is 2.50 bits per heavy atom. The van der Waals surface area contributed by atoms with E-state index in [4.69, 9.17) is 0 Å². The SMILES string of the molecule is CCC(C)C(=O)CN1CCCC1. The molecule has 0 bridgehead atoms. The van der Waals surface area contributed by atoms with Crippen LogP contribution in [0.2, 0.25) is 0 Å². The lowest BCUT2D eigenvalue weighted by molar-refractivity contribution is -0.123. The predicted octanol–water partition coefficient (Wildman–Crippen LogP) is 1.70. The highest BCUT2D eigenvalue weighted by atomic mass is 16.1. The monoisotopic (exact) mass is 169 g/mol.